The molecule has 0 unspecified atom stereocenters. The SMILES string of the molecule is C=CCNC(=O)CNc1ccc(OCCC(C)C)cc1. The summed E-state index contributed by atoms with van der Waals surface area (Å²) in [5.41, 5.74) is 0.898. The van der Waals surface area contributed by atoms with Gasteiger partial charge in [0.15, 0.2) is 0 Å². The zero-order valence-electron chi connectivity index (χ0n) is 12.3. The van der Waals surface area contributed by atoms with Gasteiger partial charge in [-0.15, -0.1) is 6.58 Å². The quantitative estimate of drug-likeness (QED) is 0.682. The summed E-state index contributed by atoms with van der Waals surface area (Å²) in [6.07, 6.45) is 2.70. The molecular weight excluding hydrogens is 252 g/mol. The number of carbonyl (C=O) groups is 1. The maximum Gasteiger partial charge on any atom is 0.239 e. The Hall–Kier alpha value is -1.97. The van der Waals surface area contributed by atoms with Gasteiger partial charge in [0, 0.05) is 12.2 Å². The lowest BCUT2D eigenvalue weighted by atomic mass is 10.1. The van der Waals surface area contributed by atoms with Crippen molar-refractivity contribution in [2.45, 2.75) is 20.3 Å². The van der Waals surface area contributed by atoms with Crippen molar-refractivity contribution in [1.29, 1.82) is 0 Å². The molecule has 0 spiro atoms. The van der Waals surface area contributed by atoms with E-state index in [-0.39, 0.29) is 12.5 Å². The molecule has 0 aliphatic carbocycles. The summed E-state index contributed by atoms with van der Waals surface area (Å²) >= 11 is 0. The normalized spacial score (nSPS) is 10.2. The van der Waals surface area contributed by atoms with Gasteiger partial charge in [0.1, 0.15) is 5.75 Å². The van der Waals surface area contributed by atoms with Crippen molar-refractivity contribution in [3.05, 3.63) is 36.9 Å². The van der Waals surface area contributed by atoms with Crippen LogP contribution < -0.4 is 15.4 Å². The first-order chi connectivity index (χ1) is 9.61. The van der Waals surface area contributed by atoms with Crippen LogP contribution in [0.1, 0.15) is 20.3 Å². The molecule has 1 rings (SSSR count). The molecule has 4 nitrogen and oxygen atoms in total. The maximum atomic E-state index is 11.4. The van der Waals surface area contributed by atoms with Crippen LogP contribution in [0.2, 0.25) is 0 Å². The summed E-state index contributed by atoms with van der Waals surface area (Å²) in [4.78, 5) is 11.4. The first kappa shape index (κ1) is 16.1. The van der Waals surface area contributed by atoms with Gasteiger partial charge in [-0.25, -0.2) is 0 Å². The van der Waals surface area contributed by atoms with Crippen LogP contribution in [-0.4, -0.2) is 25.6 Å². The van der Waals surface area contributed by atoms with Gasteiger partial charge in [-0.05, 0) is 36.6 Å². The number of rotatable bonds is 9. The summed E-state index contributed by atoms with van der Waals surface area (Å²) in [5.74, 6) is 1.44. The second kappa shape index (κ2) is 9.02. The molecule has 0 fully saturated rings. The highest BCUT2D eigenvalue weighted by Gasteiger charge is 2.00. The summed E-state index contributed by atoms with van der Waals surface area (Å²) in [5, 5.41) is 5.76. The van der Waals surface area contributed by atoms with Crippen LogP contribution in [0.4, 0.5) is 5.69 Å². The number of hydrogen-bond acceptors (Lipinski definition) is 3. The van der Waals surface area contributed by atoms with E-state index >= 15 is 0 Å². The van der Waals surface area contributed by atoms with Gasteiger partial charge in [-0.1, -0.05) is 19.9 Å². The van der Waals surface area contributed by atoms with E-state index in [0.717, 1.165) is 24.5 Å². The number of nitrogens with one attached hydrogen (secondary N) is 2. The third kappa shape index (κ3) is 6.83. The van der Waals surface area contributed by atoms with E-state index < -0.39 is 0 Å². The van der Waals surface area contributed by atoms with E-state index in [9.17, 15) is 4.79 Å². The Labute approximate surface area is 121 Å². The molecule has 20 heavy (non-hydrogen) atoms. The Morgan fingerprint density at radius 3 is 2.65 bits per heavy atom. The zero-order valence-corrected chi connectivity index (χ0v) is 12.3. The Kier molecular flexibility index (Phi) is 7.25. The predicted molar refractivity (Wildman–Crippen MR) is 83.1 cm³/mol. The molecule has 2 N–H and O–H groups in total. The highest BCUT2D eigenvalue weighted by atomic mass is 16.5. The molecule has 4 heteroatoms. The van der Waals surface area contributed by atoms with E-state index in [4.69, 9.17) is 4.74 Å². The lowest BCUT2D eigenvalue weighted by Gasteiger charge is -2.10. The number of benzene rings is 1. The van der Waals surface area contributed by atoms with Crippen LogP contribution in [-0.2, 0) is 4.79 Å². The van der Waals surface area contributed by atoms with Gasteiger partial charge in [-0.2, -0.15) is 0 Å². The van der Waals surface area contributed by atoms with E-state index in [1.165, 1.54) is 0 Å². The van der Waals surface area contributed by atoms with E-state index in [1.54, 1.807) is 6.08 Å². The highest BCUT2D eigenvalue weighted by molar-refractivity contribution is 5.80. The number of hydrogen-bond donors (Lipinski definition) is 2. The van der Waals surface area contributed by atoms with Gasteiger partial charge in [0.2, 0.25) is 5.91 Å². The molecule has 0 aliphatic rings. The van der Waals surface area contributed by atoms with Gasteiger partial charge in [-0.3, -0.25) is 4.79 Å². The molecule has 0 atom stereocenters. The van der Waals surface area contributed by atoms with Crippen molar-refractivity contribution in [2.24, 2.45) is 5.92 Å². The van der Waals surface area contributed by atoms with Crippen LogP contribution in [0.5, 0.6) is 5.75 Å². The molecule has 0 saturated heterocycles. The Balaban J connectivity index is 2.31. The molecule has 1 aromatic carbocycles. The maximum absolute atomic E-state index is 11.4. The molecule has 0 bridgehead atoms. The summed E-state index contributed by atoms with van der Waals surface area (Å²) in [6, 6.07) is 7.63. The summed E-state index contributed by atoms with van der Waals surface area (Å²) < 4.78 is 5.63. The fourth-order valence-electron chi connectivity index (χ4n) is 1.51. The zero-order chi connectivity index (χ0) is 14.8. The van der Waals surface area contributed by atoms with E-state index in [1.807, 2.05) is 24.3 Å². The Bertz CT molecular complexity index is 413. The number of carbonyl (C=O) groups excluding carboxylic acids is 1. The van der Waals surface area contributed by atoms with Crippen LogP contribution in [0, 0.1) is 5.92 Å². The molecule has 0 radical (unpaired) electrons. The number of ether oxygens (including phenoxy) is 1. The first-order valence-corrected chi connectivity index (χ1v) is 6.96. The van der Waals surface area contributed by atoms with Crippen molar-refractivity contribution >= 4 is 11.6 Å². The lowest BCUT2D eigenvalue weighted by molar-refractivity contribution is -0.119. The summed E-state index contributed by atoms with van der Waals surface area (Å²) in [6.45, 7) is 9.37. The molecule has 0 heterocycles. The van der Waals surface area contributed by atoms with Crippen LogP contribution >= 0.6 is 0 Å². The molecular formula is C16H24N2O2. The van der Waals surface area contributed by atoms with Gasteiger partial charge < -0.3 is 15.4 Å². The second-order valence-corrected chi connectivity index (χ2v) is 5.00. The monoisotopic (exact) mass is 276 g/mol. The predicted octanol–water partition coefficient (Wildman–Crippen LogP) is 2.83. The van der Waals surface area contributed by atoms with Crippen molar-refractivity contribution in [2.75, 3.05) is 25.0 Å². The van der Waals surface area contributed by atoms with Crippen molar-refractivity contribution in [3.8, 4) is 5.75 Å². The second-order valence-electron chi connectivity index (χ2n) is 5.00. The van der Waals surface area contributed by atoms with Gasteiger partial charge in [0.25, 0.3) is 0 Å². The van der Waals surface area contributed by atoms with Gasteiger partial charge >= 0.3 is 0 Å². The van der Waals surface area contributed by atoms with Crippen molar-refractivity contribution in [1.82, 2.24) is 5.32 Å². The highest BCUT2D eigenvalue weighted by Crippen LogP contribution is 2.16. The summed E-state index contributed by atoms with van der Waals surface area (Å²) in [7, 11) is 0. The number of amides is 1. The molecule has 0 aromatic heterocycles. The Morgan fingerprint density at radius 2 is 2.05 bits per heavy atom. The largest absolute Gasteiger partial charge is 0.494 e. The fraction of sp³-hybridized carbons (Fsp3) is 0.438. The smallest absolute Gasteiger partial charge is 0.239 e. The molecule has 0 aliphatic heterocycles. The minimum absolute atomic E-state index is 0.0536. The third-order valence-corrected chi connectivity index (χ3v) is 2.71. The average Bonchev–Trinajstić information content (AvgIpc) is 2.44. The first-order valence-electron chi connectivity index (χ1n) is 6.96. The molecule has 1 aromatic rings. The molecule has 1 amide bonds. The van der Waals surface area contributed by atoms with Crippen LogP contribution in [0.25, 0.3) is 0 Å². The lowest BCUT2D eigenvalue weighted by Crippen LogP contribution is -2.29. The van der Waals surface area contributed by atoms with Crippen molar-refractivity contribution in [3.63, 3.8) is 0 Å². The van der Waals surface area contributed by atoms with E-state index in [0.29, 0.717) is 12.5 Å². The standard InChI is InChI=1S/C16H24N2O2/c1-4-10-17-16(19)12-18-14-5-7-15(8-6-14)20-11-9-13(2)3/h4-8,13,18H,1,9-12H2,2-3H3,(H,17,19). The molecule has 110 valence electrons. The minimum atomic E-state index is -0.0536. The van der Waals surface area contributed by atoms with Crippen LogP contribution in [0.3, 0.4) is 0 Å². The topological polar surface area (TPSA) is 50.4 Å². The molecule has 0 saturated carbocycles. The van der Waals surface area contributed by atoms with Gasteiger partial charge in [0.05, 0.1) is 13.2 Å². The Morgan fingerprint density at radius 1 is 1.35 bits per heavy atom. The van der Waals surface area contributed by atoms with Crippen LogP contribution in [0.15, 0.2) is 36.9 Å². The van der Waals surface area contributed by atoms with E-state index in [2.05, 4.69) is 31.1 Å². The average molecular weight is 276 g/mol. The number of anilines is 1. The minimum Gasteiger partial charge on any atom is -0.494 e. The third-order valence-electron chi connectivity index (χ3n) is 2.71. The fourth-order valence-corrected chi connectivity index (χ4v) is 1.51. The van der Waals surface area contributed by atoms with Crippen molar-refractivity contribution < 1.29 is 9.53 Å².